The van der Waals surface area contributed by atoms with Crippen LogP contribution < -0.4 is 11.1 Å². The summed E-state index contributed by atoms with van der Waals surface area (Å²) in [7, 11) is 0. The Kier molecular flexibility index (Phi) is 4.41. The van der Waals surface area contributed by atoms with Crippen LogP contribution in [0.5, 0.6) is 0 Å². The number of carbonyl (C=O) groups is 1. The summed E-state index contributed by atoms with van der Waals surface area (Å²) in [5.41, 5.74) is 10.3. The lowest BCUT2D eigenvalue weighted by Gasteiger charge is -2.09. The van der Waals surface area contributed by atoms with E-state index in [1.165, 1.54) is 5.56 Å². The fraction of sp³-hybridized carbons (Fsp3) is 0.235. The molecule has 1 amide bonds. The molecule has 0 aliphatic heterocycles. The number of aryl methyl sites for hydroxylation is 2. The molecule has 0 saturated carbocycles. The van der Waals surface area contributed by atoms with Crippen LogP contribution in [0.4, 0.5) is 5.69 Å². The van der Waals surface area contributed by atoms with E-state index in [4.69, 9.17) is 5.73 Å². The Morgan fingerprint density at radius 1 is 1.10 bits per heavy atom. The summed E-state index contributed by atoms with van der Waals surface area (Å²) >= 11 is 0. The van der Waals surface area contributed by atoms with Gasteiger partial charge in [-0.15, -0.1) is 0 Å². The Bertz CT molecular complexity index is 603. The van der Waals surface area contributed by atoms with Gasteiger partial charge in [0.15, 0.2) is 0 Å². The normalized spacial score (nSPS) is 10.3. The predicted octanol–water partition coefficient (Wildman–Crippen LogP) is 3.07. The van der Waals surface area contributed by atoms with Gasteiger partial charge in [-0.1, -0.05) is 42.8 Å². The van der Waals surface area contributed by atoms with Gasteiger partial charge in [-0.25, -0.2) is 0 Å². The van der Waals surface area contributed by atoms with E-state index in [1.807, 2.05) is 31.2 Å². The Hall–Kier alpha value is -2.29. The second-order valence-electron chi connectivity index (χ2n) is 4.94. The van der Waals surface area contributed by atoms with Gasteiger partial charge in [-0.2, -0.15) is 0 Å². The average Bonchev–Trinajstić information content (AvgIpc) is 2.47. The number of nitrogens with two attached hydrogens (primary N) is 1. The van der Waals surface area contributed by atoms with Crippen LogP contribution in [0.3, 0.4) is 0 Å². The van der Waals surface area contributed by atoms with Crippen LogP contribution in [0.1, 0.15) is 34.0 Å². The van der Waals surface area contributed by atoms with E-state index < -0.39 is 0 Å². The second kappa shape index (κ2) is 6.24. The molecule has 104 valence electrons. The van der Waals surface area contributed by atoms with Crippen LogP contribution in [0.25, 0.3) is 0 Å². The summed E-state index contributed by atoms with van der Waals surface area (Å²) in [6, 6.07) is 13.7. The molecular formula is C17H20N2O. The fourth-order valence-corrected chi connectivity index (χ4v) is 2.04. The van der Waals surface area contributed by atoms with Gasteiger partial charge in [0.05, 0.1) is 5.56 Å². The van der Waals surface area contributed by atoms with E-state index in [1.54, 1.807) is 6.07 Å². The summed E-state index contributed by atoms with van der Waals surface area (Å²) < 4.78 is 0. The van der Waals surface area contributed by atoms with Crippen LogP contribution in [0.15, 0.2) is 42.5 Å². The number of hydrogen-bond acceptors (Lipinski definition) is 2. The maximum atomic E-state index is 12.1. The van der Waals surface area contributed by atoms with Gasteiger partial charge in [-0.3, -0.25) is 4.79 Å². The first-order chi connectivity index (χ1) is 9.60. The first-order valence-electron chi connectivity index (χ1n) is 6.82. The Balaban J connectivity index is 2.02. The molecule has 0 aliphatic rings. The topological polar surface area (TPSA) is 55.1 Å². The molecule has 0 aromatic heterocycles. The van der Waals surface area contributed by atoms with E-state index in [9.17, 15) is 4.79 Å². The number of hydrogen-bond donors (Lipinski definition) is 2. The van der Waals surface area contributed by atoms with E-state index in [0.717, 1.165) is 17.5 Å². The lowest BCUT2D eigenvalue weighted by molar-refractivity contribution is 0.0951. The van der Waals surface area contributed by atoms with Crippen molar-refractivity contribution in [2.24, 2.45) is 0 Å². The first kappa shape index (κ1) is 14.1. The summed E-state index contributed by atoms with van der Waals surface area (Å²) in [4.78, 5) is 12.1. The Morgan fingerprint density at radius 3 is 2.40 bits per heavy atom. The molecule has 2 aromatic carbocycles. The van der Waals surface area contributed by atoms with Gasteiger partial charge in [-0.05, 0) is 36.6 Å². The number of carbonyl (C=O) groups excluding carboxylic acids is 1. The first-order valence-corrected chi connectivity index (χ1v) is 6.82. The fourth-order valence-electron chi connectivity index (χ4n) is 2.04. The molecular weight excluding hydrogens is 248 g/mol. The molecule has 0 radical (unpaired) electrons. The highest BCUT2D eigenvalue weighted by molar-refractivity contribution is 5.99. The molecule has 3 N–H and O–H groups in total. The number of rotatable bonds is 4. The predicted molar refractivity (Wildman–Crippen MR) is 82.6 cm³/mol. The zero-order chi connectivity index (χ0) is 14.5. The molecule has 0 aliphatic carbocycles. The Labute approximate surface area is 119 Å². The highest BCUT2D eigenvalue weighted by Gasteiger charge is 2.09. The molecule has 3 nitrogen and oxygen atoms in total. The summed E-state index contributed by atoms with van der Waals surface area (Å²) in [6.45, 7) is 4.58. The van der Waals surface area contributed by atoms with E-state index >= 15 is 0 Å². The highest BCUT2D eigenvalue weighted by atomic mass is 16.1. The quantitative estimate of drug-likeness (QED) is 0.837. The third-order valence-electron chi connectivity index (χ3n) is 3.34. The molecule has 2 aromatic rings. The van der Waals surface area contributed by atoms with Gasteiger partial charge in [0.2, 0.25) is 0 Å². The number of nitrogens with one attached hydrogen (secondary N) is 1. The summed E-state index contributed by atoms with van der Waals surface area (Å²) in [5, 5.41) is 2.90. The molecule has 2 rings (SSSR count). The second-order valence-corrected chi connectivity index (χ2v) is 4.94. The third kappa shape index (κ3) is 3.38. The molecule has 20 heavy (non-hydrogen) atoms. The van der Waals surface area contributed by atoms with Crippen LogP contribution >= 0.6 is 0 Å². The largest absolute Gasteiger partial charge is 0.398 e. The van der Waals surface area contributed by atoms with Crippen molar-refractivity contribution in [3.63, 3.8) is 0 Å². The van der Waals surface area contributed by atoms with Crippen LogP contribution in [0, 0.1) is 6.92 Å². The molecule has 0 atom stereocenters. The minimum atomic E-state index is -0.134. The van der Waals surface area contributed by atoms with Crippen molar-refractivity contribution < 1.29 is 4.79 Å². The SMILES string of the molecule is CCc1ccc(CNC(=O)c2cc(C)ccc2N)cc1. The van der Waals surface area contributed by atoms with Crippen molar-refractivity contribution >= 4 is 11.6 Å². The maximum Gasteiger partial charge on any atom is 0.253 e. The standard InChI is InChI=1S/C17H20N2O/c1-3-13-5-7-14(8-6-13)11-19-17(20)15-10-12(2)4-9-16(15)18/h4-10H,3,11,18H2,1-2H3,(H,19,20). The number of benzene rings is 2. The van der Waals surface area contributed by atoms with Gasteiger partial charge >= 0.3 is 0 Å². The minimum Gasteiger partial charge on any atom is -0.398 e. The van der Waals surface area contributed by atoms with Crippen LogP contribution in [-0.2, 0) is 13.0 Å². The zero-order valence-electron chi connectivity index (χ0n) is 11.9. The van der Waals surface area contributed by atoms with Gasteiger partial charge in [0.1, 0.15) is 0 Å². The molecule has 0 spiro atoms. The molecule has 0 fully saturated rings. The van der Waals surface area contributed by atoms with Crippen molar-refractivity contribution in [1.29, 1.82) is 0 Å². The van der Waals surface area contributed by atoms with Gasteiger partial charge in [0.25, 0.3) is 5.91 Å². The number of anilines is 1. The molecule has 0 unspecified atom stereocenters. The molecule has 0 bridgehead atoms. The van der Waals surface area contributed by atoms with Crippen molar-refractivity contribution in [2.45, 2.75) is 26.8 Å². The molecule has 0 saturated heterocycles. The maximum absolute atomic E-state index is 12.1. The van der Waals surface area contributed by atoms with E-state index in [-0.39, 0.29) is 5.91 Å². The molecule has 3 heteroatoms. The van der Waals surface area contributed by atoms with Crippen LogP contribution in [0.2, 0.25) is 0 Å². The van der Waals surface area contributed by atoms with E-state index in [0.29, 0.717) is 17.8 Å². The monoisotopic (exact) mass is 268 g/mol. The lowest BCUT2D eigenvalue weighted by atomic mass is 10.1. The number of nitrogen functional groups attached to an aromatic ring is 1. The highest BCUT2D eigenvalue weighted by Crippen LogP contribution is 2.14. The Morgan fingerprint density at radius 2 is 1.75 bits per heavy atom. The lowest BCUT2D eigenvalue weighted by Crippen LogP contribution is -2.23. The van der Waals surface area contributed by atoms with E-state index in [2.05, 4.69) is 24.4 Å². The van der Waals surface area contributed by atoms with Gasteiger partial charge < -0.3 is 11.1 Å². The third-order valence-corrected chi connectivity index (χ3v) is 3.34. The van der Waals surface area contributed by atoms with Gasteiger partial charge in [0, 0.05) is 12.2 Å². The summed E-state index contributed by atoms with van der Waals surface area (Å²) in [6.07, 6.45) is 1.02. The smallest absolute Gasteiger partial charge is 0.253 e. The van der Waals surface area contributed by atoms with Crippen molar-refractivity contribution in [3.8, 4) is 0 Å². The van der Waals surface area contributed by atoms with Crippen LogP contribution in [-0.4, -0.2) is 5.91 Å². The molecule has 0 heterocycles. The number of amides is 1. The summed E-state index contributed by atoms with van der Waals surface area (Å²) in [5.74, 6) is -0.134. The average molecular weight is 268 g/mol. The zero-order valence-corrected chi connectivity index (χ0v) is 11.9. The van der Waals surface area contributed by atoms with Crippen molar-refractivity contribution in [3.05, 3.63) is 64.7 Å². The van der Waals surface area contributed by atoms with Crippen molar-refractivity contribution in [2.75, 3.05) is 5.73 Å². The van der Waals surface area contributed by atoms with Crippen molar-refractivity contribution in [1.82, 2.24) is 5.32 Å². The minimum absolute atomic E-state index is 0.134.